The fraction of sp³-hybridized carbons (Fsp3) is 0.625. The molecule has 1 aliphatic heterocycles. The van der Waals surface area contributed by atoms with Gasteiger partial charge in [0.25, 0.3) is 0 Å². The second-order valence-corrected chi connectivity index (χ2v) is 6.91. The molecule has 2 N–H and O–H groups in total. The van der Waals surface area contributed by atoms with Crippen LogP contribution < -0.4 is 10.6 Å². The molecule has 0 aliphatic carbocycles. The standard InChI is InChI=1S/C16H25N5S/c1-4-13-19-14-11(2)10-22-15(14)16(20-13)18-12(3)9-21-7-5-17-6-8-21/h10,12,17H,4-9H2,1-3H3,(H,18,19,20)/t12-/m0/s1. The van der Waals surface area contributed by atoms with Crippen LogP contribution in [-0.2, 0) is 6.42 Å². The molecule has 6 heteroatoms. The Morgan fingerprint density at radius 2 is 2.14 bits per heavy atom. The van der Waals surface area contributed by atoms with Gasteiger partial charge in [-0.05, 0) is 24.8 Å². The maximum Gasteiger partial charge on any atom is 0.148 e. The third-order valence-corrected chi connectivity index (χ3v) is 5.17. The fourth-order valence-corrected chi connectivity index (χ4v) is 3.84. The van der Waals surface area contributed by atoms with E-state index in [4.69, 9.17) is 4.98 Å². The van der Waals surface area contributed by atoms with Crippen molar-refractivity contribution in [3.05, 3.63) is 16.8 Å². The van der Waals surface area contributed by atoms with Gasteiger partial charge in [0.2, 0.25) is 0 Å². The topological polar surface area (TPSA) is 53.1 Å². The Morgan fingerprint density at radius 3 is 2.86 bits per heavy atom. The van der Waals surface area contributed by atoms with Crippen molar-refractivity contribution in [2.75, 3.05) is 38.0 Å². The summed E-state index contributed by atoms with van der Waals surface area (Å²) in [5.74, 6) is 1.92. The molecule has 2 aromatic rings. The highest BCUT2D eigenvalue weighted by Crippen LogP contribution is 2.30. The van der Waals surface area contributed by atoms with Crippen LogP contribution in [0.5, 0.6) is 0 Å². The number of hydrogen-bond acceptors (Lipinski definition) is 6. The van der Waals surface area contributed by atoms with E-state index in [0.29, 0.717) is 6.04 Å². The van der Waals surface area contributed by atoms with E-state index in [9.17, 15) is 0 Å². The monoisotopic (exact) mass is 319 g/mol. The maximum absolute atomic E-state index is 4.72. The van der Waals surface area contributed by atoms with Gasteiger partial charge in [0.15, 0.2) is 0 Å². The number of thiophene rings is 1. The summed E-state index contributed by atoms with van der Waals surface area (Å²) < 4.78 is 1.18. The number of aromatic nitrogens is 2. The van der Waals surface area contributed by atoms with Crippen LogP contribution >= 0.6 is 11.3 Å². The van der Waals surface area contributed by atoms with Crippen molar-refractivity contribution in [2.24, 2.45) is 0 Å². The number of fused-ring (bicyclic) bond motifs is 1. The van der Waals surface area contributed by atoms with E-state index < -0.39 is 0 Å². The fourth-order valence-electron chi connectivity index (χ4n) is 2.89. The first-order valence-electron chi connectivity index (χ1n) is 8.11. The van der Waals surface area contributed by atoms with Gasteiger partial charge >= 0.3 is 0 Å². The Morgan fingerprint density at radius 1 is 1.36 bits per heavy atom. The lowest BCUT2D eigenvalue weighted by molar-refractivity contribution is 0.235. The third-order valence-electron chi connectivity index (χ3n) is 4.08. The van der Waals surface area contributed by atoms with E-state index in [1.54, 1.807) is 11.3 Å². The molecule has 2 aromatic heterocycles. The molecule has 1 fully saturated rings. The third kappa shape index (κ3) is 3.39. The number of hydrogen-bond donors (Lipinski definition) is 2. The lowest BCUT2D eigenvalue weighted by Gasteiger charge is -2.30. The molecule has 3 rings (SSSR count). The van der Waals surface area contributed by atoms with Gasteiger partial charge in [0.05, 0.1) is 10.2 Å². The van der Waals surface area contributed by atoms with E-state index in [0.717, 1.165) is 56.3 Å². The molecule has 0 saturated carbocycles. The van der Waals surface area contributed by atoms with Crippen LogP contribution in [0.4, 0.5) is 5.82 Å². The van der Waals surface area contributed by atoms with Crippen molar-refractivity contribution in [1.29, 1.82) is 0 Å². The zero-order valence-electron chi connectivity index (χ0n) is 13.6. The molecule has 1 saturated heterocycles. The Balaban J connectivity index is 1.77. The van der Waals surface area contributed by atoms with Gasteiger partial charge in [-0.1, -0.05) is 6.92 Å². The van der Waals surface area contributed by atoms with E-state index in [1.165, 1.54) is 10.3 Å². The number of nitrogens with zero attached hydrogens (tertiary/aromatic N) is 3. The van der Waals surface area contributed by atoms with Crippen molar-refractivity contribution in [3.63, 3.8) is 0 Å². The average Bonchev–Trinajstić information content (AvgIpc) is 2.90. The van der Waals surface area contributed by atoms with Crippen LogP contribution in [0.15, 0.2) is 5.38 Å². The normalized spacial score (nSPS) is 17.8. The molecule has 0 amide bonds. The smallest absolute Gasteiger partial charge is 0.148 e. The summed E-state index contributed by atoms with van der Waals surface area (Å²) in [6, 6.07) is 0.378. The highest BCUT2D eigenvalue weighted by atomic mass is 32.1. The summed E-state index contributed by atoms with van der Waals surface area (Å²) >= 11 is 1.74. The van der Waals surface area contributed by atoms with Crippen LogP contribution in [-0.4, -0.2) is 53.6 Å². The van der Waals surface area contributed by atoms with Gasteiger partial charge in [-0.3, -0.25) is 4.90 Å². The van der Waals surface area contributed by atoms with E-state index in [1.807, 2.05) is 0 Å². The van der Waals surface area contributed by atoms with Crippen molar-refractivity contribution in [3.8, 4) is 0 Å². The first-order chi connectivity index (χ1) is 10.7. The first kappa shape index (κ1) is 15.6. The summed E-state index contributed by atoms with van der Waals surface area (Å²) in [4.78, 5) is 11.9. The van der Waals surface area contributed by atoms with Crippen LogP contribution in [0.3, 0.4) is 0 Å². The average molecular weight is 319 g/mol. The largest absolute Gasteiger partial charge is 0.365 e. The molecule has 0 aromatic carbocycles. The van der Waals surface area contributed by atoms with E-state index in [-0.39, 0.29) is 0 Å². The molecule has 0 bridgehead atoms. The second-order valence-electron chi connectivity index (χ2n) is 6.03. The number of anilines is 1. The second kappa shape index (κ2) is 6.89. The minimum absolute atomic E-state index is 0.378. The van der Waals surface area contributed by atoms with Gasteiger partial charge in [-0.25, -0.2) is 9.97 Å². The first-order valence-corrected chi connectivity index (χ1v) is 8.99. The molecule has 5 nitrogen and oxygen atoms in total. The highest BCUT2D eigenvalue weighted by Gasteiger charge is 2.16. The van der Waals surface area contributed by atoms with Gasteiger partial charge in [0.1, 0.15) is 11.6 Å². The summed E-state index contributed by atoms with van der Waals surface area (Å²) in [6.45, 7) is 12.0. The SMILES string of the molecule is CCc1nc(N[C@@H](C)CN2CCNCC2)c2scc(C)c2n1. The van der Waals surface area contributed by atoms with Gasteiger partial charge in [-0.2, -0.15) is 0 Å². The molecule has 3 heterocycles. The van der Waals surface area contributed by atoms with Gasteiger partial charge < -0.3 is 10.6 Å². The molecule has 0 radical (unpaired) electrons. The van der Waals surface area contributed by atoms with Gasteiger partial charge in [-0.15, -0.1) is 11.3 Å². The van der Waals surface area contributed by atoms with Crippen molar-refractivity contribution < 1.29 is 0 Å². The number of aryl methyl sites for hydroxylation is 2. The molecule has 120 valence electrons. The minimum Gasteiger partial charge on any atom is -0.365 e. The lowest BCUT2D eigenvalue weighted by Crippen LogP contribution is -2.47. The van der Waals surface area contributed by atoms with Gasteiger partial charge in [0, 0.05) is 45.2 Å². The minimum atomic E-state index is 0.378. The molecule has 1 atom stereocenters. The van der Waals surface area contributed by atoms with Crippen LogP contribution in [0, 0.1) is 6.92 Å². The van der Waals surface area contributed by atoms with E-state index >= 15 is 0 Å². The van der Waals surface area contributed by atoms with Crippen molar-refractivity contribution in [1.82, 2.24) is 20.2 Å². The van der Waals surface area contributed by atoms with Crippen molar-refractivity contribution >= 4 is 27.4 Å². The zero-order chi connectivity index (χ0) is 15.5. The molecular weight excluding hydrogens is 294 g/mol. The predicted molar refractivity (Wildman–Crippen MR) is 93.9 cm³/mol. The Bertz CT molecular complexity index is 633. The summed E-state index contributed by atoms with van der Waals surface area (Å²) in [5, 5.41) is 9.19. The Kier molecular flexibility index (Phi) is 4.90. The molecule has 0 unspecified atom stereocenters. The van der Waals surface area contributed by atoms with Crippen molar-refractivity contribution in [2.45, 2.75) is 33.2 Å². The number of nitrogens with one attached hydrogen (secondary N) is 2. The summed E-state index contributed by atoms with van der Waals surface area (Å²) in [5.41, 5.74) is 2.35. The Labute approximate surface area is 136 Å². The van der Waals surface area contributed by atoms with E-state index in [2.05, 4.69) is 46.7 Å². The molecule has 0 spiro atoms. The number of piperazine rings is 1. The number of rotatable bonds is 5. The van der Waals surface area contributed by atoms with Crippen LogP contribution in [0.25, 0.3) is 10.2 Å². The van der Waals surface area contributed by atoms with Crippen LogP contribution in [0.2, 0.25) is 0 Å². The predicted octanol–water partition coefficient (Wildman–Crippen LogP) is 2.27. The molecule has 1 aliphatic rings. The quantitative estimate of drug-likeness (QED) is 0.885. The van der Waals surface area contributed by atoms with Crippen LogP contribution in [0.1, 0.15) is 25.2 Å². The molecule has 22 heavy (non-hydrogen) atoms. The Hall–Kier alpha value is -1.24. The highest BCUT2D eigenvalue weighted by molar-refractivity contribution is 7.18. The maximum atomic E-state index is 4.72. The summed E-state index contributed by atoms with van der Waals surface area (Å²) in [7, 11) is 0. The lowest BCUT2D eigenvalue weighted by atomic mass is 10.2. The summed E-state index contributed by atoms with van der Waals surface area (Å²) in [6.07, 6.45) is 0.867. The molecular formula is C16H25N5S. The zero-order valence-corrected chi connectivity index (χ0v) is 14.5.